The number of hydrogen-bond acceptors (Lipinski definition) is 5. The first kappa shape index (κ1) is 17.8. The number of nitrogens with zero attached hydrogens (tertiary/aromatic N) is 2. The summed E-state index contributed by atoms with van der Waals surface area (Å²) in [4.78, 5) is 2.41. The lowest BCUT2D eigenvalue weighted by molar-refractivity contribution is 0.0376. The van der Waals surface area contributed by atoms with Gasteiger partial charge in [-0.3, -0.25) is 10.3 Å². The van der Waals surface area contributed by atoms with Gasteiger partial charge in [0.25, 0.3) is 0 Å². The second-order valence-electron chi connectivity index (χ2n) is 6.02. The average molecular weight is 360 g/mol. The summed E-state index contributed by atoms with van der Waals surface area (Å²) in [6.07, 6.45) is 1.04. The van der Waals surface area contributed by atoms with Crippen LogP contribution < -0.4 is 10.7 Å². The molecule has 1 saturated heterocycles. The van der Waals surface area contributed by atoms with Crippen molar-refractivity contribution in [3.05, 3.63) is 36.1 Å². The number of ether oxygens (including phenoxy) is 1. The fourth-order valence-corrected chi connectivity index (χ4v) is 2.87. The first-order valence-electron chi connectivity index (χ1n) is 8.59. The van der Waals surface area contributed by atoms with Crippen molar-refractivity contribution in [2.24, 2.45) is 5.10 Å². The molecule has 1 aliphatic rings. The number of furan rings is 1. The molecule has 2 aromatic rings. The highest BCUT2D eigenvalue weighted by molar-refractivity contribution is 7.80. The number of benzene rings is 1. The molecular weight excluding hydrogens is 336 g/mol. The van der Waals surface area contributed by atoms with Gasteiger partial charge < -0.3 is 14.5 Å². The molecule has 3 rings (SSSR count). The number of para-hydroxylation sites is 1. The number of fused-ring (bicyclic) bond motifs is 1. The van der Waals surface area contributed by atoms with Gasteiger partial charge in [-0.25, -0.2) is 0 Å². The van der Waals surface area contributed by atoms with Crippen molar-refractivity contribution in [2.45, 2.75) is 13.3 Å². The van der Waals surface area contributed by atoms with E-state index in [1.54, 1.807) is 0 Å². The highest BCUT2D eigenvalue weighted by Crippen LogP contribution is 2.19. The number of hydrogen-bond donors (Lipinski definition) is 2. The van der Waals surface area contributed by atoms with E-state index in [9.17, 15) is 0 Å². The molecule has 0 saturated carbocycles. The van der Waals surface area contributed by atoms with Crippen molar-refractivity contribution in [1.82, 2.24) is 15.6 Å². The van der Waals surface area contributed by atoms with Crippen LogP contribution in [-0.4, -0.2) is 55.1 Å². The third kappa shape index (κ3) is 5.26. The predicted molar refractivity (Wildman–Crippen MR) is 104 cm³/mol. The maximum Gasteiger partial charge on any atom is 0.186 e. The molecule has 0 atom stereocenters. The Hall–Kier alpha value is -1.96. The van der Waals surface area contributed by atoms with Gasteiger partial charge in [-0.15, -0.1) is 0 Å². The Morgan fingerprint density at radius 1 is 1.28 bits per heavy atom. The molecule has 1 aromatic heterocycles. The summed E-state index contributed by atoms with van der Waals surface area (Å²) in [5, 5.41) is 9.07. The molecule has 1 aromatic carbocycles. The summed E-state index contributed by atoms with van der Waals surface area (Å²) in [5.41, 5.74) is 4.49. The predicted octanol–water partition coefficient (Wildman–Crippen LogP) is 2.34. The smallest absolute Gasteiger partial charge is 0.186 e. The van der Waals surface area contributed by atoms with Gasteiger partial charge in [0.1, 0.15) is 11.3 Å². The van der Waals surface area contributed by atoms with E-state index < -0.39 is 0 Å². The summed E-state index contributed by atoms with van der Waals surface area (Å²) in [6, 6.07) is 9.89. The number of hydrazone groups is 1. The normalized spacial score (nSPS) is 16.1. The van der Waals surface area contributed by atoms with Gasteiger partial charge in [0.15, 0.2) is 10.9 Å². The fraction of sp³-hybridized carbons (Fsp3) is 0.444. The molecule has 25 heavy (non-hydrogen) atoms. The molecule has 6 nitrogen and oxygen atoms in total. The van der Waals surface area contributed by atoms with E-state index >= 15 is 0 Å². The molecule has 0 radical (unpaired) electrons. The quantitative estimate of drug-likeness (QED) is 0.357. The Kier molecular flexibility index (Phi) is 6.38. The first-order valence-corrected chi connectivity index (χ1v) is 9.00. The molecule has 0 amide bonds. The van der Waals surface area contributed by atoms with E-state index in [0.29, 0.717) is 5.11 Å². The Labute approximate surface area is 153 Å². The van der Waals surface area contributed by atoms with Crippen LogP contribution in [0.2, 0.25) is 0 Å². The minimum Gasteiger partial charge on any atom is -0.455 e. The molecule has 0 bridgehead atoms. The van der Waals surface area contributed by atoms with E-state index in [2.05, 4.69) is 20.7 Å². The van der Waals surface area contributed by atoms with Crippen molar-refractivity contribution in [3.63, 3.8) is 0 Å². The lowest BCUT2D eigenvalue weighted by atomic mass is 10.2. The van der Waals surface area contributed by atoms with Crippen LogP contribution in [0.3, 0.4) is 0 Å². The molecule has 1 aliphatic heterocycles. The molecule has 0 spiro atoms. The van der Waals surface area contributed by atoms with E-state index in [1.165, 1.54) is 0 Å². The lowest BCUT2D eigenvalue weighted by Crippen LogP contribution is -2.39. The molecule has 134 valence electrons. The zero-order chi connectivity index (χ0) is 17.5. The van der Waals surface area contributed by atoms with E-state index in [1.807, 2.05) is 37.3 Å². The molecular formula is C18H24N4O2S. The number of nitrogens with one attached hydrogen (secondary N) is 2. The number of morpholine rings is 1. The summed E-state index contributed by atoms with van der Waals surface area (Å²) >= 11 is 5.26. The Bertz CT molecular complexity index is 705. The standard InChI is InChI=1S/C18H24N4O2S/c1-14(17-13-15-5-2-3-6-16(15)24-17)20-21-18(25)19-7-4-8-22-9-11-23-12-10-22/h2-3,5-6,13H,4,7-12H2,1H3,(H2,19,21,25)/b20-14-. The van der Waals surface area contributed by atoms with Crippen LogP contribution in [0.4, 0.5) is 0 Å². The van der Waals surface area contributed by atoms with Crippen molar-refractivity contribution < 1.29 is 9.15 Å². The van der Waals surface area contributed by atoms with Crippen LogP contribution in [0.5, 0.6) is 0 Å². The van der Waals surface area contributed by atoms with Gasteiger partial charge >= 0.3 is 0 Å². The minimum absolute atomic E-state index is 0.525. The number of thiocarbonyl (C=S) groups is 1. The summed E-state index contributed by atoms with van der Waals surface area (Å²) < 4.78 is 11.1. The third-order valence-electron chi connectivity index (χ3n) is 4.15. The first-order chi connectivity index (χ1) is 12.2. The van der Waals surface area contributed by atoms with Crippen LogP contribution in [0.15, 0.2) is 39.9 Å². The van der Waals surface area contributed by atoms with Gasteiger partial charge in [0.05, 0.1) is 13.2 Å². The Morgan fingerprint density at radius 3 is 2.88 bits per heavy atom. The molecule has 7 heteroatoms. The SMILES string of the molecule is C/C(=N/NC(=S)NCCCN1CCOCC1)c1cc2ccccc2o1. The second-order valence-corrected chi connectivity index (χ2v) is 6.43. The highest BCUT2D eigenvalue weighted by Gasteiger charge is 2.09. The van der Waals surface area contributed by atoms with Gasteiger partial charge in [0, 0.05) is 25.0 Å². The molecule has 2 N–H and O–H groups in total. The Morgan fingerprint density at radius 2 is 2.08 bits per heavy atom. The van der Waals surface area contributed by atoms with Crippen molar-refractivity contribution >= 4 is 34.0 Å². The van der Waals surface area contributed by atoms with E-state index in [0.717, 1.165) is 68.3 Å². The van der Waals surface area contributed by atoms with Crippen molar-refractivity contribution in [1.29, 1.82) is 0 Å². The molecule has 0 aliphatic carbocycles. The zero-order valence-corrected chi connectivity index (χ0v) is 15.3. The van der Waals surface area contributed by atoms with Crippen LogP contribution in [0.25, 0.3) is 11.0 Å². The van der Waals surface area contributed by atoms with Gasteiger partial charge in [0.2, 0.25) is 0 Å². The zero-order valence-electron chi connectivity index (χ0n) is 14.5. The largest absolute Gasteiger partial charge is 0.455 e. The third-order valence-corrected chi connectivity index (χ3v) is 4.38. The highest BCUT2D eigenvalue weighted by atomic mass is 32.1. The van der Waals surface area contributed by atoms with Crippen LogP contribution in [-0.2, 0) is 4.74 Å². The molecule has 1 fully saturated rings. The van der Waals surface area contributed by atoms with Crippen molar-refractivity contribution in [3.8, 4) is 0 Å². The monoisotopic (exact) mass is 360 g/mol. The molecule has 0 unspecified atom stereocenters. The second kappa shape index (κ2) is 8.94. The molecule has 2 heterocycles. The summed E-state index contributed by atoms with van der Waals surface area (Å²) in [7, 11) is 0. The average Bonchev–Trinajstić information content (AvgIpc) is 3.08. The maximum absolute atomic E-state index is 5.78. The maximum atomic E-state index is 5.78. The van der Waals surface area contributed by atoms with E-state index in [4.69, 9.17) is 21.4 Å². The fourth-order valence-electron chi connectivity index (χ4n) is 2.72. The van der Waals surface area contributed by atoms with Crippen molar-refractivity contribution in [2.75, 3.05) is 39.4 Å². The summed E-state index contributed by atoms with van der Waals surface area (Å²) in [5.74, 6) is 0.740. The Balaban J connectivity index is 1.40. The topological polar surface area (TPSA) is 62.0 Å². The lowest BCUT2D eigenvalue weighted by Gasteiger charge is -2.26. The summed E-state index contributed by atoms with van der Waals surface area (Å²) in [6.45, 7) is 7.48. The minimum atomic E-state index is 0.525. The van der Waals surface area contributed by atoms with Gasteiger partial charge in [-0.2, -0.15) is 5.10 Å². The number of rotatable bonds is 6. The van der Waals surface area contributed by atoms with Gasteiger partial charge in [-0.05, 0) is 44.2 Å². The van der Waals surface area contributed by atoms with Gasteiger partial charge in [-0.1, -0.05) is 18.2 Å². The van der Waals surface area contributed by atoms with Crippen LogP contribution >= 0.6 is 12.2 Å². The van der Waals surface area contributed by atoms with Crippen LogP contribution in [0.1, 0.15) is 19.1 Å². The van der Waals surface area contributed by atoms with E-state index in [-0.39, 0.29) is 0 Å². The van der Waals surface area contributed by atoms with Crippen LogP contribution in [0, 0.1) is 0 Å².